The molecule has 0 saturated heterocycles. The van der Waals surface area contributed by atoms with Crippen LogP contribution in [0.2, 0.25) is 0 Å². The van der Waals surface area contributed by atoms with E-state index in [1.807, 2.05) is 24.3 Å². The highest BCUT2D eigenvalue weighted by atomic mass is 16.6. The Morgan fingerprint density at radius 2 is 2.00 bits per heavy atom. The lowest BCUT2D eigenvalue weighted by Gasteiger charge is -1.95. The number of benzene rings is 2. The Morgan fingerprint density at radius 1 is 1.21 bits per heavy atom. The number of hydrogen-bond donors (Lipinski definition) is 2. The van der Waals surface area contributed by atoms with Crippen molar-refractivity contribution in [2.75, 3.05) is 0 Å². The number of carbonyl (C=O) groups excluding carboxylic acids is 1. The van der Waals surface area contributed by atoms with Crippen LogP contribution in [0, 0.1) is 10.1 Å². The quantitative estimate of drug-likeness (QED) is 0.314. The van der Waals surface area contributed by atoms with Crippen LogP contribution in [-0.2, 0) is 0 Å². The number of aromatic amines is 1. The first-order chi connectivity index (χ1) is 13.6. The minimum absolute atomic E-state index is 0.0198. The van der Waals surface area contributed by atoms with Crippen LogP contribution in [0.1, 0.15) is 16.1 Å². The van der Waals surface area contributed by atoms with E-state index in [0.717, 1.165) is 16.5 Å². The number of rotatable bonds is 5. The van der Waals surface area contributed by atoms with Crippen LogP contribution < -0.4 is 5.43 Å². The van der Waals surface area contributed by atoms with Gasteiger partial charge in [-0.3, -0.25) is 14.9 Å². The molecule has 0 saturated carbocycles. The van der Waals surface area contributed by atoms with Crippen LogP contribution in [0.3, 0.4) is 0 Å². The van der Waals surface area contributed by atoms with Crippen LogP contribution in [-0.4, -0.2) is 27.2 Å². The van der Waals surface area contributed by atoms with Crippen LogP contribution in [0.15, 0.2) is 70.4 Å². The number of para-hydroxylation sites is 1. The van der Waals surface area contributed by atoms with Crippen LogP contribution in [0.5, 0.6) is 0 Å². The fourth-order valence-electron chi connectivity index (χ4n) is 2.69. The number of nitro benzene ring substituents is 1. The zero-order chi connectivity index (χ0) is 19.5. The lowest BCUT2D eigenvalue weighted by molar-refractivity contribution is -0.384. The number of amides is 1. The van der Waals surface area contributed by atoms with E-state index in [1.165, 1.54) is 36.5 Å². The maximum absolute atomic E-state index is 12.2. The third-order valence-corrected chi connectivity index (χ3v) is 4.08. The molecule has 0 aliphatic rings. The summed E-state index contributed by atoms with van der Waals surface area (Å²) in [5.74, 6) is -0.0741. The Balaban J connectivity index is 1.45. The van der Waals surface area contributed by atoms with Crippen molar-refractivity contribution in [3.8, 4) is 11.3 Å². The molecule has 9 nitrogen and oxygen atoms in total. The number of carbonyl (C=O) groups is 1. The molecule has 0 fully saturated rings. The summed E-state index contributed by atoms with van der Waals surface area (Å²) in [7, 11) is 0. The molecule has 138 valence electrons. The fraction of sp³-hybridized carbons (Fsp3) is 0. The number of hydrogen-bond acceptors (Lipinski definition) is 6. The van der Waals surface area contributed by atoms with Gasteiger partial charge in [-0.25, -0.2) is 5.43 Å². The Bertz CT molecular complexity index is 1190. The van der Waals surface area contributed by atoms with E-state index < -0.39 is 10.8 Å². The normalized spacial score (nSPS) is 11.1. The molecule has 0 atom stereocenters. The number of non-ortho nitro benzene ring substituents is 1. The average Bonchev–Trinajstić information content (AvgIpc) is 3.35. The highest BCUT2D eigenvalue weighted by Crippen LogP contribution is 2.28. The second-order valence-corrected chi connectivity index (χ2v) is 5.87. The maximum Gasteiger partial charge on any atom is 0.293 e. The number of nitrogens with one attached hydrogen (secondary N) is 2. The summed E-state index contributed by atoms with van der Waals surface area (Å²) < 4.78 is 5.29. The summed E-state index contributed by atoms with van der Waals surface area (Å²) in [6, 6.07) is 15.0. The van der Waals surface area contributed by atoms with Crippen molar-refractivity contribution >= 4 is 28.7 Å². The lowest BCUT2D eigenvalue weighted by Crippen LogP contribution is -2.17. The van der Waals surface area contributed by atoms with E-state index in [1.54, 1.807) is 6.20 Å². The zero-order valence-electron chi connectivity index (χ0n) is 14.3. The van der Waals surface area contributed by atoms with Crippen LogP contribution in [0.25, 0.3) is 22.2 Å². The minimum atomic E-state index is -0.534. The van der Waals surface area contributed by atoms with Gasteiger partial charge in [0.1, 0.15) is 0 Å². The molecule has 28 heavy (non-hydrogen) atoms. The molecular formula is C19H13N5O4. The van der Waals surface area contributed by atoms with E-state index in [9.17, 15) is 14.9 Å². The number of hydrazone groups is 1. The van der Waals surface area contributed by atoms with Gasteiger partial charge in [0, 0.05) is 40.9 Å². The fourth-order valence-corrected chi connectivity index (χ4v) is 2.69. The Labute approximate surface area is 157 Å². The minimum Gasteiger partial charge on any atom is -0.360 e. The van der Waals surface area contributed by atoms with Gasteiger partial charge in [0.05, 0.1) is 11.1 Å². The molecule has 0 radical (unpaired) electrons. The first-order valence-corrected chi connectivity index (χ1v) is 8.23. The Kier molecular flexibility index (Phi) is 4.38. The van der Waals surface area contributed by atoms with Crippen molar-refractivity contribution in [1.82, 2.24) is 15.6 Å². The largest absolute Gasteiger partial charge is 0.360 e. The number of aromatic nitrogens is 2. The van der Waals surface area contributed by atoms with Gasteiger partial charge in [0.25, 0.3) is 11.6 Å². The second-order valence-electron chi connectivity index (χ2n) is 5.87. The van der Waals surface area contributed by atoms with Gasteiger partial charge in [0.15, 0.2) is 11.5 Å². The van der Waals surface area contributed by atoms with Gasteiger partial charge in [-0.05, 0) is 23.8 Å². The predicted octanol–water partition coefficient (Wildman–Crippen LogP) is 3.50. The van der Waals surface area contributed by atoms with Crippen LogP contribution >= 0.6 is 0 Å². The molecule has 4 aromatic rings. The lowest BCUT2D eigenvalue weighted by atomic mass is 10.1. The summed E-state index contributed by atoms with van der Waals surface area (Å²) in [4.78, 5) is 25.5. The first kappa shape index (κ1) is 17.2. The first-order valence-electron chi connectivity index (χ1n) is 8.23. The summed E-state index contributed by atoms with van der Waals surface area (Å²) in [6.45, 7) is 0. The summed E-state index contributed by atoms with van der Waals surface area (Å²) in [5.41, 5.74) is 4.77. The highest BCUT2D eigenvalue weighted by molar-refractivity contribution is 5.97. The number of H-pyrrole nitrogens is 1. The molecule has 0 aliphatic heterocycles. The summed E-state index contributed by atoms with van der Waals surface area (Å²) in [6.07, 6.45) is 3.17. The Morgan fingerprint density at radius 3 is 2.79 bits per heavy atom. The van der Waals surface area contributed by atoms with Crippen molar-refractivity contribution in [2.24, 2.45) is 5.10 Å². The smallest absolute Gasteiger partial charge is 0.293 e. The molecule has 4 rings (SSSR count). The molecule has 1 amide bonds. The number of fused-ring (bicyclic) bond motifs is 1. The van der Waals surface area contributed by atoms with Gasteiger partial charge in [-0.1, -0.05) is 23.4 Å². The second kappa shape index (κ2) is 7.16. The molecule has 2 aromatic carbocycles. The summed E-state index contributed by atoms with van der Waals surface area (Å²) in [5, 5.41) is 19.2. The molecule has 2 heterocycles. The predicted molar refractivity (Wildman–Crippen MR) is 102 cm³/mol. The van der Waals surface area contributed by atoms with E-state index in [-0.39, 0.29) is 11.4 Å². The van der Waals surface area contributed by atoms with Gasteiger partial charge < -0.3 is 9.51 Å². The third kappa shape index (κ3) is 3.36. The molecule has 2 aromatic heterocycles. The maximum atomic E-state index is 12.2. The van der Waals surface area contributed by atoms with Gasteiger partial charge >= 0.3 is 0 Å². The molecule has 2 N–H and O–H groups in total. The topological polar surface area (TPSA) is 126 Å². The third-order valence-electron chi connectivity index (χ3n) is 4.08. The molecular weight excluding hydrogens is 362 g/mol. The SMILES string of the molecule is O=C(N/N=C/c1ccc([N+](=O)[O-])cc1)c1cc(-c2c[nH]c3ccccc23)on1. The standard InChI is InChI=1S/C19H13N5O4/c25-19(22-21-10-12-5-7-13(8-6-12)24(26)27)17-9-18(28-23-17)15-11-20-16-4-2-1-3-14(15)16/h1-11,20H,(H,22,25)/b21-10+. The van der Waals surface area contributed by atoms with Crippen molar-refractivity contribution in [3.05, 3.63) is 82.2 Å². The van der Waals surface area contributed by atoms with Gasteiger partial charge in [-0.15, -0.1) is 0 Å². The summed E-state index contributed by atoms with van der Waals surface area (Å²) >= 11 is 0. The number of nitrogens with zero attached hydrogens (tertiary/aromatic N) is 3. The Hall–Kier alpha value is -4.27. The molecule has 0 aliphatic carbocycles. The zero-order valence-corrected chi connectivity index (χ0v) is 14.3. The molecule has 0 unspecified atom stereocenters. The number of nitro groups is 1. The van der Waals surface area contributed by atoms with E-state index in [0.29, 0.717) is 11.3 Å². The van der Waals surface area contributed by atoms with E-state index in [2.05, 4.69) is 20.7 Å². The van der Waals surface area contributed by atoms with E-state index >= 15 is 0 Å². The van der Waals surface area contributed by atoms with Crippen molar-refractivity contribution in [1.29, 1.82) is 0 Å². The molecule has 0 spiro atoms. The van der Waals surface area contributed by atoms with Crippen molar-refractivity contribution < 1.29 is 14.2 Å². The molecule has 9 heteroatoms. The highest BCUT2D eigenvalue weighted by Gasteiger charge is 2.15. The molecule has 0 bridgehead atoms. The van der Waals surface area contributed by atoms with Crippen LogP contribution in [0.4, 0.5) is 5.69 Å². The van der Waals surface area contributed by atoms with Gasteiger partial charge in [0.2, 0.25) is 0 Å². The van der Waals surface area contributed by atoms with E-state index in [4.69, 9.17) is 4.52 Å². The monoisotopic (exact) mass is 375 g/mol. The van der Waals surface area contributed by atoms with Crippen molar-refractivity contribution in [3.63, 3.8) is 0 Å². The van der Waals surface area contributed by atoms with Gasteiger partial charge in [-0.2, -0.15) is 5.10 Å². The van der Waals surface area contributed by atoms with Crippen molar-refractivity contribution in [2.45, 2.75) is 0 Å². The average molecular weight is 375 g/mol.